The lowest BCUT2D eigenvalue weighted by Crippen LogP contribution is -2.31. The zero-order valence-electron chi connectivity index (χ0n) is 14.4. The molecule has 1 aromatic carbocycles. The smallest absolute Gasteiger partial charge is 0.361 e. The molecule has 1 N–H and O–H groups in total. The molecule has 3 heterocycles. The first-order valence-corrected chi connectivity index (χ1v) is 8.88. The van der Waals surface area contributed by atoms with Crippen molar-refractivity contribution in [2.75, 3.05) is 25.0 Å². The summed E-state index contributed by atoms with van der Waals surface area (Å²) in [4.78, 5) is 18.0. The molecule has 2 aromatic heterocycles. The SMILES string of the molecule is O=[N+]([O-])c1c(NCC(c2ccccc2)N2CCCC2)nc2ccccn12. The molecular weight excluding hydrogens is 330 g/mol. The van der Waals surface area contributed by atoms with Crippen LogP contribution in [0.3, 0.4) is 0 Å². The van der Waals surface area contributed by atoms with E-state index >= 15 is 0 Å². The number of fused-ring (bicyclic) bond motifs is 1. The normalized spacial score (nSPS) is 16.0. The lowest BCUT2D eigenvalue weighted by Gasteiger charge is -2.28. The molecular formula is C19H21N5O2. The summed E-state index contributed by atoms with van der Waals surface area (Å²) in [5.74, 6) is 0.301. The second-order valence-corrected chi connectivity index (χ2v) is 6.52. The molecule has 0 saturated carbocycles. The minimum absolute atomic E-state index is 0.0196. The summed E-state index contributed by atoms with van der Waals surface area (Å²) in [6, 6.07) is 15.8. The van der Waals surface area contributed by atoms with Gasteiger partial charge in [-0.3, -0.25) is 4.90 Å². The molecule has 0 aliphatic carbocycles. The van der Waals surface area contributed by atoms with Crippen LogP contribution in [-0.2, 0) is 0 Å². The van der Waals surface area contributed by atoms with Gasteiger partial charge in [0.2, 0.25) is 11.5 Å². The van der Waals surface area contributed by atoms with Gasteiger partial charge in [-0.05, 0) is 42.5 Å². The summed E-state index contributed by atoms with van der Waals surface area (Å²) in [7, 11) is 0. The molecule has 1 aliphatic rings. The van der Waals surface area contributed by atoms with Crippen molar-refractivity contribution in [1.82, 2.24) is 14.3 Å². The number of likely N-dealkylation sites (tertiary alicyclic amines) is 1. The Balaban J connectivity index is 1.62. The Bertz CT molecular complexity index is 903. The summed E-state index contributed by atoms with van der Waals surface area (Å²) in [6.45, 7) is 2.68. The van der Waals surface area contributed by atoms with E-state index in [9.17, 15) is 10.1 Å². The van der Waals surface area contributed by atoms with Gasteiger partial charge in [0.25, 0.3) is 0 Å². The maximum Gasteiger partial charge on any atom is 0.372 e. The van der Waals surface area contributed by atoms with Gasteiger partial charge < -0.3 is 15.4 Å². The minimum atomic E-state index is -0.379. The highest BCUT2D eigenvalue weighted by Crippen LogP contribution is 2.29. The van der Waals surface area contributed by atoms with Crippen molar-refractivity contribution in [3.63, 3.8) is 0 Å². The van der Waals surface area contributed by atoms with Gasteiger partial charge in [0.1, 0.15) is 0 Å². The molecule has 4 rings (SSSR count). The summed E-state index contributed by atoms with van der Waals surface area (Å²) < 4.78 is 1.51. The molecule has 0 radical (unpaired) electrons. The van der Waals surface area contributed by atoms with E-state index in [4.69, 9.17) is 0 Å². The third kappa shape index (κ3) is 3.13. The number of nitrogens with one attached hydrogen (secondary N) is 1. The number of pyridine rings is 1. The van der Waals surface area contributed by atoms with Crippen molar-refractivity contribution in [3.05, 3.63) is 70.4 Å². The van der Waals surface area contributed by atoms with E-state index in [0.29, 0.717) is 18.0 Å². The second kappa shape index (κ2) is 7.13. The number of nitrogens with zero attached hydrogens (tertiary/aromatic N) is 4. The Kier molecular flexibility index (Phi) is 4.53. The average Bonchev–Trinajstić information content (AvgIpc) is 3.30. The average molecular weight is 351 g/mol. The Hall–Kier alpha value is -2.93. The molecule has 0 amide bonds. The Morgan fingerprint density at radius 1 is 1.12 bits per heavy atom. The lowest BCUT2D eigenvalue weighted by molar-refractivity contribution is -0.389. The summed E-state index contributed by atoms with van der Waals surface area (Å²) in [6.07, 6.45) is 4.05. The first-order chi connectivity index (χ1) is 12.7. The summed E-state index contributed by atoms with van der Waals surface area (Å²) >= 11 is 0. The van der Waals surface area contributed by atoms with Crippen LogP contribution in [0.2, 0.25) is 0 Å². The van der Waals surface area contributed by atoms with Gasteiger partial charge in [0, 0.05) is 12.6 Å². The third-order valence-electron chi connectivity index (χ3n) is 4.91. The maximum atomic E-state index is 11.6. The molecule has 1 fully saturated rings. The highest BCUT2D eigenvalue weighted by atomic mass is 16.6. The van der Waals surface area contributed by atoms with E-state index in [2.05, 4.69) is 27.3 Å². The molecule has 3 aromatic rings. The van der Waals surface area contributed by atoms with Crippen LogP contribution in [0, 0.1) is 10.1 Å². The molecule has 1 atom stereocenters. The van der Waals surface area contributed by atoms with E-state index in [1.165, 1.54) is 22.8 Å². The quantitative estimate of drug-likeness (QED) is 0.543. The van der Waals surface area contributed by atoms with E-state index < -0.39 is 0 Å². The third-order valence-corrected chi connectivity index (χ3v) is 4.91. The molecule has 0 spiro atoms. The van der Waals surface area contributed by atoms with Gasteiger partial charge in [-0.1, -0.05) is 36.4 Å². The van der Waals surface area contributed by atoms with Gasteiger partial charge >= 0.3 is 5.82 Å². The van der Waals surface area contributed by atoms with Crippen molar-refractivity contribution < 1.29 is 4.92 Å². The zero-order chi connectivity index (χ0) is 17.9. The van der Waals surface area contributed by atoms with Crippen LogP contribution in [-0.4, -0.2) is 38.8 Å². The van der Waals surface area contributed by atoms with Crippen LogP contribution in [0.15, 0.2) is 54.7 Å². The number of benzene rings is 1. The van der Waals surface area contributed by atoms with Crippen LogP contribution in [0.4, 0.5) is 11.6 Å². The van der Waals surface area contributed by atoms with Gasteiger partial charge in [-0.25, -0.2) is 0 Å². The fourth-order valence-corrected chi connectivity index (χ4v) is 3.66. The molecule has 1 saturated heterocycles. The summed E-state index contributed by atoms with van der Waals surface area (Å²) in [5, 5.41) is 14.8. The van der Waals surface area contributed by atoms with Crippen LogP contribution < -0.4 is 5.32 Å². The lowest BCUT2D eigenvalue weighted by atomic mass is 10.1. The number of hydrogen-bond acceptors (Lipinski definition) is 5. The molecule has 7 heteroatoms. The van der Waals surface area contributed by atoms with Crippen molar-refractivity contribution in [2.45, 2.75) is 18.9 Å². The fraction of sp³-hybridized carbons (Fsp3) is 0.316. The first kappa shape index (κ1) is 16.5. The number of imidazole rings is 1. The van der Waals surface area contributed by atoms with Crippen LogP contribution in [0.25, 0.3) is 5.65 Å². The predicted octanol–water partition coefficient (Wildman–Crippen LogP) is 3.49. The van der Waals surface area contributed by atoms with Gasteiger partial charge in [-0.15, -0.1) is 0 Å². The monoisotopic (exact) mass is 351 g/mol. The number of rotatable bonds is 6. The predicted molar refractivity (Wildman–Crippen MR) is 100 cm³/mol. The van der Waals surface area contributed by atoms with Crippen molar-refractivity contribution >= 4 is 17.3 Å². The molecule has 26 heavy (non-hydrogen) atoms. The number of aromatic nitrogens is 2. The van der Waals surface area contributed by atoms with E-state index in [1.807, 2.05) is 24.3 Å². The maximum absolute atomic E-state index is 11.6. The Labute approximate surface area is 151 Å². The number of hydrogen-bond donors (Lipinski definition) is 1. The number of nitro groups is 1. The molecule has 134 valence electrons. The van der Waals surface area contributed by atoms with Gasteiger partial charge in [0.15, 0.2) is 0 Å². The minimum Gasteiger partial charge on any atom is -0.361 e. The molecule has 1 aliphatic heterocycles. The van der Waals surface area contributed by atoms with Crippen molar-refractivity contribution in [1.29, 1.82) is 0 Å². The topological polar surface area (TPSA) is 75.7 Å². The van der Waals surface area contributed by atoms with E-state index in [1.54, 1.807) is 18.3 Å². The zero-order valence-corrected chi connectivity index (χ0v) is 14.4. The number of anilines is 1. The summed E-state index contributed by atoms with van der Waals surface area (Å²) in [5.41, 5.74) is 1.78. The highest BCUT2D eigenvalue weighted by molar-refractivity contribution is 5.62. The first-order valence-electron chi connectivity index (χ1n) is 8.88. The van der Waals surface area contributed by atoms with Crippen molar-refractivity contribution in [2.24, 2.45) is 0 Å². The Morgan fingerprint density at radius 2 is 1.85 bits per heavy atom. The fourth-order valence-electron chi connectivity index (χ4n) is 3.66. The largest absolute Gasteiger partial charge is 0.372 e. The second-order valence-electron chi connectivity index (χ2n) is 6.52. The van der Waals surface area contributed by atoms with E-state index in [-0.39, 0.29) is 16.8 Å². The molecule has 7 nitrogen and oxygen atoms in total. The standard InChI is InChI=1S/C19H21N5O2/c25-24(26)19-18(21-17-10-4-5-13-23(17)19)20-14-16(22-11-6-7-12-22)15-8-2-1-3-9-15/h1-5,8-10,13,16,20H,6-7,11-12,14H2. The van der Waals surface area contributed by atoms with Gasteiger partial charge in [-0.2, -0.15) is 9.38 Å². The van der Waals surface area contributed by atoms with Gasteiger partial charge in [0.05, 0.1) is 12.2 Å². The van der Waals surface area contributed by atoms with Crippen LogP contribution in [0.5, 0.6) is 0 Å². The van der Waals surface area contributed by atoms with E-state index in [0.717, 1.165) is 13.1 Å². The molecule has 1 unspecified atom stereocenters. The Morgan fingerprint density at radius 3 is 2.58 bits per heavy atom. The van der Waals surface area contributed by atoms with Crippen LogP contribution in [0.1, 0.15) is 24.4 Å². The van der Waals surface area contributed by atoms with Crippen LogP contribution >= 0.6 is 0 Å². The highest BCUT2D eigenvalue weighted by Gasteiger charge is 2.26. The van der Waals surface area contributed by atoms with Crippen molar-refractivity contribution in [3.8, 4) is 0 Å². The molecule has 0 bridgehead atoms.